The maximum Gasteiger partial charge on any atom is 0.372 e. The molecule has 4 nitrogen and oxygen atoms in total. The molecule has 0 unspecified atom stereocenters. The van der Waals surface area contributed by atoms with Crippen molar-refractivity contribution in [3.8, 4) is 0 Å². The predicted octanol–water partition coefficient (Wildman–Crippen LogP) is 3.06. The summed E-state index contributed by atoms with van der Waals surface area (Å²) in [5, 5.41) is 3.48. The van der Waals surface area contributed by atoms with Crippen LogP contribution in [0, 0.1) is 0 Å². The van der Waals surface area contributed by atoms with Crippen LogP contribution in [0.15, 0.2) is 48.8 Å². The van der Waals surface area contributed by atoms with E-state index in [2.05, 4.69) is 10.7 Å². The molecule has 0 atom stereocenters. The van der Waals surface area contributed by atoms with E-state index in [4.69, 9.17) is 23.2 Å². The van der Waals surface area contributed by atoms with Crippen LogP contribution in [-0.4, -0.2) is 6.03 Å². The highest BCUT2D eigenvalue weighted by molar-refractivity contribution is 6.42. The monoisotopic (exact) mass is 282 g/mol. The number of hydrogen-bond acceptors (Lipinski definition) is 1. The van der Waals surface area contributed by atoms with Crippen LogP contribution in [0.25, 0.3) is 0 Å². The molecular formula is C12H10Cl2N3O+. The number of pyridine rings is 1. The molecule has 0 spiro atoms. The summed E-state index contributed by atoms with van der Waals surface area (Å²) in [4.78, 5) is 11.7. The lowest BCUT2D eigenvalue weighted by molar-refractivity contribution is -0.641. The number of amides is 2. The van der Waals surface area contributed by atoms with Gasteiger partial charge in [-0.05, 0) is 18.2 Å². The lowest BCUT2D eigenvalue weighted by Gasteiger charge is -2.04. The van der Waals surface area contributed by atoms with E-state index in [1.807, 2.05) is 6.07 Å². The van der Waals surface area contributed by atoms with E-state index in [0.717, 1.165) is 0 Å². The van der Waals surface area contributed by atoms with Crippen molar-refractivity contribution in [3.05, 3.63) is 58.8 Å². The van der Waals surface area contributed by atoms with Gasteiger partial charge in [-0.1, -0.05) is 33.9 Å². The first-order chi connectivity index (χ1) is 8.65. The molecule has 2 rings (SSSR count). The van der Waals surface area contributed by atoms with Gasteiger partial charge in [-0.15, -0.1) is 5.43 Å². The predicted molar refractivity (Wildman–Crippen MR) is 71.5 cm³/mol. The van der Waals surface area contributed by atoms with Crippen molar-refractivity contribution in [1.82, 2.24) is 0 Å². The first kappa shape index (κ1) is 12.7. The van der Waals surface area contributed by atoms with Crippen LogP contribution in [0.4, 0.5) is 10.5 Å². The Bertz CT molecular complexity index is 561. The summed E-state index contributed by atoms with van der Waals surface area (Å²) in [7, 11) is 0. The van der Waals surface area contributed by atoms with Crippen LogP contribution in [0.3, 0.4) is 0 Å². The third kappa shape index (κ3) is 3.35. The normalized spacial score (nSPS) is 9.89. The van der Waals surface area contributed by atoms with Crippen LogP contribution >= 0.6 is 23.2 Å². The van der Waals surface area contributed by atoms with Crippen molar-refractivity contribution in [1.29, 1.82) is 0 Å². The minimum Gasteiger partial charge on any atom is -0.304 e. The number of nitrogens with zero attached hydrogens (tertiary/aromatic N) is 1. The fraction of sp³-hybridized carbons (Fsp3) is 0. The van der Waals surface area contributed by atoms with Gasteiger partial charge in [0.15, 0.2) is 12.4 Å². The molecule has 0 fully saturated rings. The van der Waals surface area contributed by atoms with E-state index in [9.17, 15) is 4.79 Å². The van der Waals surface area contributed by atoms with Gasteiger partial charge in [0.2, 0.25) is 0 Å². The van der Waals surface area contributed by atoms with E-state index in [-0.39, 0.29) is 6.03 Å². The number of carbonyl (C=O) groups excluding carboxylic acids is 1. The molecule has 0 aliphatic rings. The molecule has 0 aliphatic carbocycles. The van der Waals surface area contributed by atoms with Gasteiger partial charge in [-0.3, -0.25) is 0 Å². The quantitative estimate of drug-likeness (QED) is 0.817. The second-order valence-electron chi connectivity index (χ2n) is 3.48. The van der Waals surface area contributed by atoms with E-state index >= 15 is 0 Å². The SMILES string of the molecule is O=C(Nc1ccc(Cl)c(Cl)c1)N[n+]1ccccc1. The van der Waals surface area contributed by atoms with Crippen LogP contribution in [0.2, 0.25) is 10.0 Å². The minimum atomic E-state index is -0.371. The Hall–Kier alpha value is -1.78. The summed E-state index contributed by atoms with van der Waals surface area (Å²) < 4.78 is 1.53. The highest BCUT2D eigenvalue weighted by Crippen LogP contribution is 2.24. The molecule has 0 saturated heterocycles. The Labute approximate surface area is 114 Å². The Balaban J connectivity index is 2.01. The molecule has 1 aromatic heterocycles. The van der Waals surface area contributed by atoms with Crippen LogP contribution < -0.4 is 15.4 Å². The molecule has 18 heavy (non-hydrogen) atoms. The lowest BCUT2D eigenvalue weighted by atomic mass is 10.3. The number of urea groups is 1. The van der Waals surface area contributed by atoms with Crippen LogP contribution in [0.1, 0.15) is 0 Å². The third-order valence-corrected chi connectivity index (χ3v) is 2.86. The van der Waals surface area contributed by atoms with Gasteiger partial charge in [-0.2, -0.15) is 0 Å². The average molecular weight is 283 g/mol. The van der Waals surface area contributed by atoms with Crippen molar-refractivity contribution in [2.75, 3.05) is 10.7 Å². The van der Waals surface area contributed by atoms with Gasteiger partial charge in [0.05, 0.1) is 10.0 Å². The van der Waals surface area contributed by atoms with E-state index < -0.39 is 0 Å². The molecule has 2 amide bonds. The zero-order valence-corrected chi connectivity index (χ0v) is 10.7. The molecule has 2 N–H and O–H groups in total. The maximum absolute atomic E-state index is 11.7. The summed E-state index contributed by atoms with van der Waals surface area (Å²) in [6.45, 7) is 0. The number of aromatic nitrogens is 1. The second kappa shape index (κ2) is 5.71. The molecule has 92 valence electrons. The topological polar surface area (TPSA) is 45.0 Å². The van der Waals surface area contributed by atoms with Crippen molar-refractivity contribution < 1.29 is 9.47 Å². The number of halogens is 2. The first-order valence-electron chi connectivity index (χ1n) is 5.14. The first-order valence-corrected chi connectivity index (χ1v) is 5.90. The summed E-state index contributed by atoms with van der Waals surface area (Å²) in [6.07, 6.45) is 3.43. The molecule has 0 radical (unpaired) electrons. The smallest absolute Gasteiger partial charge is 0.304 e. The molecule has 2 aromatic rings. The van der Waals surface area contributed by atoms with Gasteiger partial charge >= 0.3 is 6.03 Å². The number of nitrogens with one attached hydrogen (secondary N) is 2. The van der Waals surface area contributed by atoms with Crippen molar-refractivity contribution in [2.45, 2.75) is 0 Å². The largest absolute Gasteiger partial charge is 0.372 e. The standard InChI is InChI=1S/C12H9Cl2N3O/c13-10-5-4-9(8-11(10)14)15-12(18)16-17-6-2-1-3-7-17/h1-8H,(H-,15,16,18)/p+1. The highest BCUT2D eigenvalue weighted by atomic mass is 35.5. The minimum absolute atomic E-state index is 0.371. The number of benzene rings is 1. The van der Waals surface area contributed by atoms with Crippen molar-refractivity contribution in [3.63, 3.8) is 0 Å². The van der Waals surface area contributed by atoms with Crippen molar-refractivity contribution in [2.24, 2.45) is 0 Å². The Morgan fingerprint density at radius 1 is 1.06 bits per heavy atom. The molecule has 0 bridgehead atoms. The lowest BCUT2D eigenvalue weighted by Crippen LogP contribution is -2.49. The molecule has 0 aliphatic heterocycles. The van der Waals surface area contributed by atoms with E-state index in [0.29, 0.717) is 15.7 Å². The molecule has 6 heteroatoms. The molecule has 0 saturated carbocycles. The van der Waals surface area contributed by atoms with Gasteiger partial charge in [0.25, 0.3) is 0 Å². The zero-order chi connectivity index (χ0) is 13.0. The van der Waals surface area contributed by atoms with Gasteiger partial charge in [-0.25, -0.2) is 4.79 Å². The average Bonchev–Trinajstić information content (AvgIpc) is 2.35. The summed E-state index contributed by atoms with van der Waals surface area (Å²) >= 11 is 11.6. The fourth-order valence-corrected chi connectivity index (χ4v) is 1.62. The number of carbonyl (C=O) groups is 1. The fourth-order valence-electron chi connectivity index (χ4n) is 1.32. The van der Waals surface area contributed by atoms with E-state index in [1.165, 1.54) is 4.68 Å². The Morgan fingerprint density at radius 3 is 2.44 bits per heavy atom. The van der Waals surface area contributed by atoms with Gasteiger partial charge in [0.1, 0.15) is 0 Å². The van der Waals surface area contributed by atoms with Crippen LogP contribution in [-0.2, 0) is 0 Å². The number of hydrogen-bond donors (Lipinski definition) is 2. The Morgan fingerprint density at radius 2 is 1.78 bits per heavy atom. The summed E-state index contributed by atoms with van der Waals surface area (Å²) in [6, 6.07) is 9.97. The molecular weight excluding hydrogens is 273 g/mol. The summed E-state index contributed by atoms with van der Waals surface area (Å²) in [5.74, 6) is 0. The van der Waals surface area contributed by atoms with Crippen LogP contribution in [0.5, 0.6) is 0 Å². The van der Waals surface area contributed by atoms with E-state index in [1.54, 1.807) is 42.7 Å². The second-order valence-corrected chi connectivity index (χ2v) is 4.29. The zero-order valence-electron chi connectivity index (χ0n) is 9.23. The van der Waals surface area contributed by atoms with Gasteiger partial charge < -0.3 is 5.32 Å². The Kier molecular flexibility index (Phi) is 4.02. The third-order valence-electron chi connectivity index (χ3n) is 2.12. The highest BCUT2D eigenvalue weighted by Gasteiger charge is 2.07. The molecule has 1 heterocycles. The summed E-state index contributed by atoms with van der Waals surface area (Å²) in [5.41, 5.74) is 3.18. The van der Waals surface area contributed by atoms with Gasteiger partial charge in [0, 0.05) is 17.8 Å². The number of rotatable bonds is 2. The number of anilines is 1. The maximum atomic E-state index is 11.7. The molecule has 1 aromatic carbocycles. The van der Waals surface area contributed by atoms with Crippen molar-refractivity contribution >= 4 is 34.9 Å².